The summed E-state index contributed by atoms with van der Waals surface area (Å²) in [6.45, 7) is 5.86. The summed E-state index contributed by atoms with van der Waals surface area (Å²) >= 11 is 12.3. The minimum atomic E-state index is -4.75. The fourth-order valence-electron chi connectivity index (χ4n) is 2.35. The van der Waals surface area contributed by atoms with Gasteiger partial charge in [-0.15, -0.1) is 0 Å². The Hall–Kier alpha value is -2.45. The van der Waals surface area contributed by atoms with Crippen molar-refractivity contribution in [2.45, 2.75) is 33.9 Å². The quantitative estimate of drug-likeness (QED) is 0.399. The van der Waals surface area contributed by atoms with E-state index in [-0.39, 0.29) is 27.3 Å². The van der Waals surface area contributed by atoms with Crippen molar-refractivity contribution in [3.63, 3.8) is 0 Å². The van der Waals surface area contributed by atoms with E-state index < -0.39 is 35.2 Å². The van der Waals surface area contributed by atoms with Gasteiger partial charge in [0.2, 0.25) is 5.91 Å². The summed E-state index contributed by atoms with van der Waals surface area (Å²) < 4.78 is 51.0. The fraction of sp³-hybridized carbons (Fsp3) is 0.300. The van der Waals surface area contributed by atoms with Gasteiger partial charge in [-0.25, -0.2) is 0 Å². The minimum absolute atomic E-state index is 0.0236. The molecule has 0 saturated heterocycles. The van der Waals surface area contributed by atoms with Crippen LogP contribution in [0.25, 0.3) is 0 Å². The number of carbonyl (C=O) groups is 2. The standard InChI is InChI=1S/C20H18Cl2F3NO4/c1-9(2)19(28)26-15-6-5-12(7-13(15)20(23,24)25)30-18-14(21)8-16(29-11(4)27)10(3)17(18)22/h5-9H,1-4H3,(H,26,28). The number of anilines is 1. The monoisotopic (exact) mass is 463 g/mol. The molecule has 0 saturated carbocycles. The Kier molecular flexibility index (Phi) is 7.26. The van der Waals surface area contributed by atoms with E-state index in [2.05, 4.69) is 5.32 Å². The summed E-state index contributed by atoms with van der Waals surface area (Å²) in [6, 6.07) is 4.34. The zero-order valence-corrected chi connectivity index (χ0v) is 17.9. The molecule has 0 aliphatic carbocycles. The molecule has 162 valence electrons. The second-order valence-corrected chi connectivity index (χ2v) is 7.45. The highest BCUT2D eigenvalue weighted by Gasteiger charge is 2.35. The lowest BCUT2D eigenvalue weighted by molar-refractivity contribution is -0.137. The van der Waals surface area contributed by atoms with Gasteiger partial charge >= 0.3 is 12.1 Å². The summed E-state index contributed by atoms with van der Waals surface area (Å²) in [5, 5.41) is 2.16. The Morgan fingerprint density at radius 2 is 1.77 bits per heavy atom. The lowest BCUT2D eigenvalue weighted by atomic mass is 10.1. The number of carbonyl (C=O) groups excluding carboxylic acids is 2. The van der Waals surface area contributed by atoms with E-state index in [1.165, 1.54) is 26.0 Å². The van der Waals surface area contributed by atoms with Crippen molar-refractivity contribution in [3.05, 3.63) is 45.4 Å². The molecule has 0 aliphatic rings. The van der Waals surface area contributed by atoms with E-state index >= 15 is 0 Å². The highest BCUT2D eigenvalue weighted by Crippen LogP contribution is 2.44. The molecular weight excluding hydrogens is 446 g/mol. The summed E-state index contributed by atoms with van der Waals surface area (Å²) in [5.41, 5.74) is -1.16. The van der Waals surface area contributed by atoms with Crippen LogP contribution in [0.2, 0.25) is 10.0 Å². The van der Waals surface area contributed by atoms with Gasteiger partial charge in [0, 0.05) is 24.5 Å². The molecule has 2 aromatic carbocycles. The lowest BCUT2D eigenvalue weighted by Gasteiger charge is -2.18. The van der Waals surface area contributed by atoms with E-state index in [1.54, 1.807) is 13.8 Å². The van der Waals surface area contributed by atoms with Gasteiger partial charge in [0.1, 0.15) is 11.5 Å². The molecule has 0 bridgehead atoms. The van der Waals surface area contributed by atoms with E-state index in [0.717, 1.165) is 12.1 Å². The third-order valence-electron chi connectivity index (χ3n) is 3.93. The maximum atomic E-state index is 13.5. The average molecular weight is 464 g/mol. The zero-order valence-electron chi connectivity index (χ0n) is 16.4. The molecule has 1 N–H and O–H groups in total. The molecule has 0 unspecified atom stereocenters. The molecule has 10 heteroatoms. The number of rotatable bonds is 5. The number of amides is 1. The molecule has 0 radical (unpaired) electrons. The molecule has 1 amide bonds. The molecule has 0 heterocycles. The van der Waals surface area contributed by atoms with E-state index in [4.69, 9.17) is 32.7 Å². The molecule has 0 fully saturated rings. The van der Waals surface area contributed by atoms with E-state index in [1.807, 2.05) is 0 Å². The summed E-state index contributed by atoms with van der Waals surface area (Å²) in [7, 11) is 0. The lowest BCUT2D eigenvalue weighted by Crippen LogP contribution is -2.20. The van der Waals surface area contributed by atoms with Crippen molar-refractivity contribution in [3.8, 4) is 17.2 Å². The van der Waals surface area contributed by atoms with Crippen LogP contribution in [0.4, 0.5) is 18.9 Å². The third-order valence-corrected chi connectivity index (χ3v) is 4.66. The number of halogens is 5. The first kappa shape index (κ1) is 23.8. The molecule has 2 aromatic rings. The van der Waals surface area contributed by atoms with E-state index in [0.29, 0.717) is 5.56 Å². The van der Waals surface area contributed by atoms with Crippen LogP contribution < -0.4 is 14.8 Å². The van der Waals surface area contributed by atoms with Gasteiger partial charge in [-0.05, 0) is 25.1 Å². The molecular formula is C20H18Cl2F3NO4. The molecule has 2 rings (SSSR count). The Balaban J connectivity index is 2.45. The van der Waals surface area contributed by atoms with Gasteiger partial charge in [0.25, 0.3) is 0 Å². The fourth-order valence-corrected chi connectivity index (χ4v) is 2.87. The number of hydrogen-bond donors (Lipinski definition) is 1. The van der Waals surface area contributed by atoms with Crippen LogP contribution in [0.15, 0.2) is 24.3 Å². The second kappa shape index (κ2) is 9.14. The van der Waals surface area contributed by atoms with Crippen molar-refractivity contribution in [2.24, 2.45) is 5.92 Å². The zero-order chi connectivity index (χ0) is 22.8. The molecule has 5 nitrogen and oxygen atoms in total. The van der Waals surface area contributed by atoms with Gasteiger partial charge < -0.3 is 14.8 Å². The second-order valence-electron chi connectivity index (χ2n) is 6.67. The van der Waals surface area contributed by atoms with Gasteiger partial charge in [0.05, 0.1) is 21.3 Å². The number of ether oxygens (including phenoxy) is 2. The Morgan fingerprint density at radius 1 is 1.13 bits per heavy atom. The molecule has 0 spiro atoms. The maximum Gasteiger partial charge on any atom is 0.418 e. The highest BCUT2D eigenvalue weighted by atomic mass is 35.5. The maximum absolute atomic E-state index is 13.5. The highest BCUT2D eigenvalue weighted by molar-refractivity contribution is 6.38. The van der Waals surface area contributed by atoms with Gasteiger partial charge in [0.15, 0.2) is 5.75 Å². The van der Waals surface area contributed by atoms with Crippen LogP contribution in [0, 0.1) is 12.8 Å². The van der Waals surface area contributed by atoms with Crippen molar-refractivity contribution < 1.29 is 32.2 Å². The summed E-state index contributed by atoms with van der Waals surface area (Å²) in [6.07, 6.45) is -4.75. The Labute approximate surface area is 181 Å². The topological polar surface area (TPSA) is 64.6 Å². The predicted molar refractivity (Wildman–Crippen MR) is 107 cm³/mol. The van der Waals surface area contributed by atoms with Crippen LogP contribution >= 0.6 is 23.2 Å². The smallest absolute Gasteiger partial charge is 0.418 e. The van der Waals surface area contributed by atoms with E-state index in [9.17, 15) is 22.8 Å². The van der Waals surface area contributed by atoms with Gasteiger partial charge in [-0.2, -0.15) is 13.2 Å². The number of nitrogens with one attached hydrogen (secondary N) is 1. The number of alkyl halides is 3. The number of benzene rings is 2. The predicted octanol–water partition coefficient (Wildman–Crippen LogP) is 6.63. The largest absolute Gasteiger partial charge is 0.454 e. The molecule has 0 atom stereocenters. The van der Waals surface area contributed by atoms with Crippen LogP contribution in [-0.4, -0.2) is 11.9 Å². The number of hydrogen-bond acceptors (Lipinski definition) is 4. The van der Waals surface area contributed by atoms with Crippen LogP contribution in [0.5, 0.6) is 17.2 Å². The first-order valence-corrected chi connectivity index (χ1v) is 9.43. The third kappa shape index (κ3) is 5.58. The molecule has 0 aliphatic heterocycles. The van der Waals surface area contributed by atoms with Gasteiger partial charge in [-0.3, -0.25) is 9.59 Å². The molecule has 30 heavy (non-hydrogen) atoms. The van der Waals surface area contributed by atoms with Crippen LogP contribution in [0.3, 0.4) is 0 Å². The average Bonchev–Trinajstić information content (AvgIpc) is 2.62. The van der Waals surface area contributed by atoms with Crippen LogP contribution in [0.1, 0.15) is 31.9 Å². The van der Waals surface area contributed by atoms with Crippen molar-refractivity contribution in [1.29, 1.82) is 0 Å². The first-order chi connectivity index (χ1) is 13.8. The minimum Gasteiger partial charge on any atom is -0.454 e. The van der Waals surface area contributed by atoms with Crippen LogP contribution in [-0.2, 0) is 15.8 Å². The SMILES string of the molecule is CC(=O)Oc1cc(Cl)c(Oc2ccc(NC(=O)C(C)C)c(C(F)(F)F)c2)c(Cl)c1C. The normalized spacial score (nSPS) is 11.4. The van der Waals surface area contributed by atoms with Gasteiger partial charge in [-0.1, -0.05) is 37.0 Å². The Morgan fingerprint density at radius 3 is 2.30 bits per heavy atom. The van der Waals surface area contributed by atoms with Crippen molar-refractivity contribution >= 4 is 40.8 Å². The van der Waals surface area contributed by atoms with Crippen molar-refractivity contribution in [2.75, 3.05) is 5.32 Å². The Bertz CT molecular complexity index is 991. The summed E-state index contributed by atoms with van der Waals surface area (Å²) in [5.74, 6) is -1.84. The van der Waals surface area contributed by atoms with Crippen molar-refractivity contribution in [1.82, 2.24) is 0 Å². The number of esters is 1. The first-order valence-electron chi connectivity index (χ1n) is 8.68. The summed E-state index contributed by atoms with van der Waals surface area (Å²) in [4.78, 5) is 23.0. The molecule has 0 aromatic heterocycles.